The average Bonchev–Trinajstić information content (AvgIpc) is 2.06. The number of allylic oxidation sites excluding steroid dienone is 4. The van der Waals surface area contributed by atoms with E-state index in [4.69, 9.17) is 0 Å². The summed E-state index contributed by atoms with van der Waals surface area (Å²) in [7, 11) is 0. The molecule has 0 aromatic rings. The second-order valence-corrected chi connectivity index (χ2v) is 3.57. The Morgan fingerprint density at radius 1 is 1.67 bits per heavy atom. The van der Waals surface area contributed by atoms with Gasteiger partial charge in [0.05, 0.1) is 0 Å². The van der Waals surface area contributed by atoms with Gasteiger partial charge >= 0.3 is 0 Å². The number of hydrogen-bond donors (Lipinski definition) is 0. The topological polar surface area (TPSA) is 17.1 Å². The van der Waals surface area contributed by atoms with Gasteiger partial charge in [0.15, 0.2) is 0 Å². The summed E-state index contributed by atoms with van der Waals surface area (Å²) in [5, 5.41) is 0. The van der Waals surface area contributed by atoms with E-state index in [2.05, 4.69) is 13.0 Å². The third kappa shape index (κ3) is 2.33. The van der Waals surface area contributed by atoms with E-state index in [-0.39, 0.29) is 0 Å². The van der Waals surface area contributed by atoms with E-state index in [0.29, 0.717) is 5.92 Å². The summed E-state index contributed by atoms with van der Waals surface area (Å²) >= 11 is 0. The predicted octanol–water partition coefficient (Wildman–Crippen LogP) is 2.88. The minimum Gasteiger partial charge on any atom is -0.299 e. The number of hydrogen-bond acceptors (Lipinski definition) is 1. The van der Waals surface area contributed by atoms with Crippen molar-refractivity contribution in [3.63, 3.8) is 0 Å². The van der Waals surface area contributed by atoms with E-state index in [0.717, 1.165) is 12.7 Å². The zero-order chi connectivity index (χ0) is 8.97. The molecule has 1 heteroatoms. The van der Waals surface area contributed by atoms with Crippen LogP contribution in [0.15, 0.2) is 23.3 Å². The molecule has 66 valence electrons. The second kappa shape index (κ2) is 4.24. The zero-order valence-corrected chi connectivity index (χ0v) is 7.84. The third-order valence-electron chi connectivity index (χ3n) is 2.61. The Hall–Kier alpha value is -0.850. The van der Waals surface area contributed by atoms with E-state index in [9.17, 15) is 4.79 Å². The quantitative estimate of drug-likeness (QED) is 0.348. The lowest BCUT2D eigenvalue weighted by Gasteiger charge is -2.20. The fourth-order valence-electron chi connectivity index (χ4n) is 1.62. The van der Waals surface area contributed by atoms with Crippen molar-refractivity contribution in [2.45, 2.75) is 33.1 Å². The fraction of sp³-hybridized carbons (Fsp3) is 0.545. The molecule has 0 N–H and O–H groups in total. The minimum absolute atomic E-state index is 0.610. The van der Waals surface area contributed by atoms with Gasteiger partial charge in [-0.2, -0.15) is 0 Å². The first kappa shape index (κ1) is 9.24. The molecular formula is C11H16O. The van der Waals surface area contributed by atoms with Crippen LogP contribution in [0.4, 0.5) is 0 Å². The van der Waals surface area contributed by atoms with Crippen molar-refractivity contribution >= 4 is 6.29 Å². The Balaban J connectivity index is 2.56. The Morgan fingerprint density at radius 3 is 2.92 bits per heavy atom. The van der Waals surface area contributed by atoms with Crippen molar-refractivity contribution in [3.05, 3.63) is 23.3 Å². The number of rotatable bonds is 2. The van der Waals surface area contributed by atoms with Gasteiger partial charge in [0, 0.05) is 0 Å². The molecule has 1 aliphatic carbocycles. The normalized spacial score (nSPS) is 25.0. The molecule has 0 aliphatic heterocycles. The number of aldehydes is 1. The zero-order valence-electron chi connectivity index (χ0n) is 7.84. The molecule has 0 saturated carbocycles. The third-order valence-corrected chi connectivity index (χ3v) is 2.61. The molecule has 12 heavy (non-hydrogen) atoms. The minimum atomic E-state index is 0.610. The summed E-state index contributed by atoms with van der Waals surface area (Å²) in [5.74, 6) is 0.610. The van der Waals surface area contributed by atoms with Crippen LogP contribution in [0, 0.1) is 5.92 Å². The van der Waals surface area contributed by atoms with Crippen LogP contribution in [-0.2, 0) is 4.79 Å². The van der Waals surface area contributed by atoms with E-state index < -0.39 is 0 Å². The van der Waals surface area contributed by atoms with Crippen molar-refractivity contribution in [1.82, 2.24) is 0 Å². The van der Waals surface area contributed by atoms with Crippen LogP contribution in [0.3, 0.4) is 0 Å². The lowest BCUT2D eigenvalue weighted by atomic mass is 9.85. The van der Waals surface area contributed by atoms with Crippen molar-refractivity contribution in [3.8, 4) is 0 Å². The molecule has 0 aromatic heterocycles. The highest BCUT2D eigenvalue weighted by Gasteiger charge is 2.13. The molecule has 0 amide bonds. The van der Waals surface area contributed by atoms with E-state index in [1.165, 1.54) is 24.0 Å². The maximum absolute atomic E-state index is 10.2. The van der Waals surface area contributed by atoms with Gasteiger partial charge in [-0.15, -0.1) is 0 Å². The molecule has 1 aliphatic rings. The summed E-state index contributed by atoms with van der Waals surface area (Å²) in [6.45, 7) is 4.22. The molecule has 1 atom stereocenters. The van der Waals surface area contributed by atoms with Gasteiger partial charge in [0.1, 0.15) is 6.29 Å². The highest BCUT2D eigenvalue weighted by atomic mass is 16.1. The highest BCUT2D eigenvalue weighted by Crippen LogP contribution is 2.28. The lowest BCUT2D eigenvalue weighted by Crippen LogP contribution is -2.06. The van der Waals surface area contributed by atoms with Crippen molar-refractivity contribution < 1.29 is 4.79 Å². The van der Waals surface area contributed by atoms with Crippen LogP contribution in [-0.4, -0.2) is 6.29 Å². The van der Waals surface area contributed by atoms with Crippen LogP contribution >= 0.6 is 0 Å². The number of carbonyl (C=O) groups excluding carboxylic acids is 1. The number of carbonyl (C=O) groups is 1. The van der Waals surface area contributed by atoms with Crippen molar-refractivity contribution in [1.29, 1.82) is 0 Å². The lowest BCUT2D eigenvalue weighted by molar-refractivity contribution is -0.104. The summed E-state index contributed by atoms with van der Waals surface area (Å²) < 4.78 is 0. The van der Waals surface area contributed by atoms with E-state index in [1.54, 1.807) is 6.08 Å². The molecule has 0 radical (unpaired) electrons. The van der Waals surface area contributed by atoms with Crippen molar-refractivity contribution in [2.24, 2.45) is 5.92 Å². The van der Waals surface area contributed by atoms with Gasteiger partial charge in [0.2, 0.25) is 0 Å². The Bertz CT molecular complexity index is 223. The molecule has 0 fully saturated rings. The van der Waals surface area contributed by atoms with Gasteiger partial charge in [0.25, 0.3) is 0 Å². The Kier molecular flexibility index (Phi) is 3.27. The summed E-state index contributed by atoms with van der Waals surface area (Å²) in [4.78, 5) is 10.2. The molecule has 1 unspecified atom stereocenters. The van der Waals surface area contributed by atoms with Gasteiger partial charge in [-0.1, -0.05) is 17.2 Å². The average molecular weight is 164 g/mol. The molecule has 0 spiro atoms. The molecule has 0 saturated heterocycles. The summed E-state index contributed by atoms with van der Waals surface area (Å²) in [6.07, 6.45) is 8.38. The summed E-state index contributed by atoms with van der Waals surface area (Å²) in [6, 6.07) is 0. The first-order chi connectivity index (χ1) is 5.74. The van der Waals surface area contributed by atoms with Crippen LogP contribution < -0.4 is 0 Å². The smallest absolute Gasteiger partial charge is 0.142 e. The largest absolute Gasteiger partial charge is 0.299 e. The maximum Gasteiger partial charge on any atom is 0.142 e. The van der Waals surface area contributed by atoms with Crippen molar-refractivity contribution in [2.75, 3.05) is 0 Å². The molecule has 1 rings (SSSR count). The van der Waals surface area contributed by atoms with Crippen LogP contribution in [0.2, 0.25) is 0 Å². The molecule has 0 heterocycles. The molecule has 1 nitrogen and oxygen atoms in total. The predicted molar refractivity (Wildman–Crippen MR) is 50.9 cm³/mol. The first-order valence-corrected chi connectivity index (χ1v) is 4.51. The maximum atomic E-state index is 10.2. The summed E-state index contributed by atoms with van der Waals surface area (Å²) in [5.41, 5.74) is 2.72. The van der Waals surface area contributed by atoms with Gasteiger partial charge in [-0.25, -0.2) is 0 Å². The fourth-order valence-corrected chi connectivity index (χ4v) is 1.62. The second-order valence-electron chi connectivity index (χ2n) is 3.57. The van der Waals surface area contributed by atoms with E-state index in [1.807, 2.05) is 6.92 Å². The van der Waals surface area contributed by atoms with Crippen LogP contribution in [0.25, 0.3) is 0 Å². The monoisotopic (exact) mass is 164 g/mol. The van der Waals surface area contributed by atoms with Crippen LogP contribution in [0.1, 0.15) is 33.1 Å². The molecule has 0 aromatic carbocycles. The molecule has 0 bridgehead atoms. The highest BCUT2D eigenvalue weighted by molar-refractivity contribution is 5.66. The first-order valence-electron chi connectivity index (χ1n) is 4.51. The Morgan fingerprint density at radius 2 is 2.42 bits per heavy atom. The van der Waals surface area contributed by atoms with E-state index >= 15 is 0 Å². The van der Waals surface area contributed by atoms with Gasteiger partial charge in [-0.3, -0.25) is 4.79 Å². The Labute approximate surface area is 74.2 Å². The van der Waals surface area contributed by atoms with Gasteiger partial charge < -0.3 is 0 Å². The standard InChI is InChI=1S/C11H16O/c1-9-3-5-11(6-4-9)10(2)7-8-12/h3,7-8,11H,4-6H2,1-2H3. The van der Waals surface area contributed by atoms with Gasteiger partial charge in [-0.05, 0) is 45.1 Å². The SMILES string of the molecule is CC1=CCC(C(C)=CC=O)CC1. The molecular weight excluding hydrogens is 148 g/mol. The van der Waals surface area contributed by atoms with Crippen LogP contribution in [0.5, 0.6) is 0 Å².